The fourth-order valence-electron chi connectivity index (χ4n) is 1.03. The number of hydrogen-bond acceptors (Lipinski definition) is 4. The molecule has 11 heavy (non-hydrogen) atoms. The summed E-state index contributed by atoms with van der Waals surface area (Å²) in [7, 11) is 0. The number of rotatable bonds is 0. The summed E-state index contributed by atoms with van der Waals surface area (Å²) < 4.78 is 0. The predicted molar refractivity (Wildman–Crippen MR) is 40.2 cm³/mol. The van der Waals surface area contributed by atoms with Gasteiger partial charge in [-0.05, 0) is 6.07 Å². The van der Waals surface area contributed by atoms with Crippen molar-refractivity contribution < 1.29 is 5.21 Å². The summed E-state index contributed by atoms with van der Waals surface area (Å²) in [6.45, 7) is 0.478. The zero-order valence-electron chi connectivity index (χ0n) is 5.81. The number of hydrogen-bond donors (Lipinski definition) is 1. The van der Waals surface area contributed by atoms with Crippen molar-refractivity contribution >= 4 is 11.9 Å². The minimum absolute atomic E-state index is 0.478. The van der Waals surface area contributed by atoms with Gasteiger partial charge >= 0.3 is 0 Å². The van der Waals surface area contributed by atoms with Crippen LogP contribution in [0.4, 0.5) is 5.82 Å². The fourth-order valence-corrected chi connectivity index (χ4v) is 1.03. The monoisotopic (exact) mass is 149 g/mol. The van der Waals surface area contributed by atoms with Crippen LogP contribution >= 0.6 is 0 Å². The SMILES string of the molecule is ON1CC=Cc2ccnnc21. The number of aromatic nitrogens is 2. The van der Waals surface area contributed by atoms with Crippen LogP contribution in [0, 0.1) is 0 Å². The molecular weight excluding hydrogens is 142 g/mol. The highest BCUT2D eigenvalue weighted by atomic mass is 16.5. The third kappa shape index (κ3) is 0.969. The van der Waals surface area contributed by atoms with Crippen LogP contribution in [0.3, 0.4) is 0 Å². The Bertz CT molecular complexity index is 297. The minimum Gasteiger partial charge on any atom is -0.287 e. The summed E-state index contributed by atoms with van der Waals surface area (Å²) in [6, 6.07) is 1.81. The average Bonchev–Trinajstić information content (AvgIpc) is 2.06. The van der Waals surface area contributed by atoms with Gasteiger partial charge in [-0.3, -0.25) is 5.21 Å². The van der Waals surface area contributed by atoms with Crippen LogP contribution in [-0.2, 0) is 0 Å². The summed E-state index contributed by atoms with van der Waals surface area (Å²) in [4.78, 5) is 0. The van der Waals surface area contributed by atoms with Crippen molar-refractivity contribution in [1.82, 2.24) is 10.2 Å². The molecule has 2 heterocycles. The topological polar surface area (TPSA) is 49.2 Å². The van der Waals surface area contributed by atoms with Gasteiger partial charge in [0.15, 0.2) is 5.82 Å². The Labute approximate surface area is 63.7 Å². The van der Waals surface area contributed by atoms with Crippen LogP contribution in [0.15, 0.2) is 18.3 Å². The molecule has 0 radical (unpaired) electrons. The summed E-state index contributed by atoms with van der Waals surface area (Å²) in [6.07, 6.45) is 5.38. The second kappa shape index (κ2) is 2.32. The maximum atomic E-state index is 9.24. The molecule has 0 saturated carbocycles. The molecule has 1 aromatic rings. The smallest absolute Gasteiger partial charge is 0.182 e. The van der Waals surface area contributed by atoms with Crippen LogP contribution in [0.25, 0.3) is 6.08 Å². The second-order valence-corrected chi connectivity index (χ2v) is 2.29. The zero-order chi connectivity index (χ0) is 7.68. The van der Waals surface area contributed by atoms with Gasteiger partial charge < -0.3 is 0 Å². The second-order valence-electron chi connectivity index (χ2n) is 2.29. The van der Waals surface area contributed by atoms with Crippen LogP contribution in [0.1, 0.15) is 5.56 Å². The van der Waals surface area contributed by atoms with E-state index in [0.29, 0.717) is 12.4 Å². The van der Waals surface area contributed by atoms with Crippen LogP contribution < -0.4 is 5.06 Å². The van der Waals surface area contributed by atoms with Gasteiger partial charge in [-0.1, -0.05) is 12.2 Å². The van der Waals surface area contributed by atoms with E-state index in [1.807, 2.05) is 12.2 Å². The first-order valence-corrected chi connectivity index (χ1v) is 3.32. The van der Waals surface area contributed by atoms with Gasteiger partial charge in [0.1, 0.15) is 0 Å². The molecule has 0 atom stereocenters. The Hall–Kier alpha value is -1.42. The van der Waals surface area contributed by atoms with E-state index in [1.54, 1.807) is 12.3 Å². The molecule has 0 spiro atoms. The molecule has 2 rings (SSSR count). The van der Waals surface area contributed by atoms with Crippen LogP contribution in [0.2, 0.25) is 0 Å². The van der Waals surface area contributed by atoms with Gasteiger partial charge in [0, 0.05) is 5.56 Å². The van der Waals surface area contributed by atoms with Crippen molar-refractivity contribution in [3.63, 3.8) is 0 Å². The molecular formula is C7H7N3O. The van der Waals surface area contributed by atoms with E-state index >= 15 is 0 Å². The van der Waals surface area contributed by atoms with Crippen molar-refractivity contribution in [3.05, 3.63) is 23.9 Å². The Kier molecular flexibility index (Phi) is 1.33. The van der Waals surface area contributed by atoms with E-state index in [0.717, 1.165) is 10.6 Å². The molecule has 1 aliphatic heterocycles. The highest BCUT2D eigenvalue weighted by molar-refractivity contribution is 5.65. The van der Waals surface area contributed by atoms with Crippen molar-refractivity contribution in [1.29, 1.82) is 0 Å². The maximum absolute atomic E-state index is 9.24. The lowest BCUT2D eigenvalue weighted by Crippen LogP contribution is -2.22. The van der Waals surface area contributed by atoms with E-state index in [-0.39, 0.29) is 0 Å². The van der Waals surface area contributed by atoms with Crippen molar-refractivity contribution in [2.24, 2.45) is 0 Å². The average molecular weight is 149 g/mol. The molecule has 0 amide bonds. The van der Waals surface area contributed by atoms with E-state index in [4.69, 9.17) is 0 Å². The Morgan fingerprint density at radius 3 is 3.27 bits per heavy atom. The summed E-state index contributed by atoms with van der Waals surface area (Å²) in [5, 5.41) is 17.8. The van der Waals surface area contributed by atoms with E-state index in [9.17, 15) is 5.21 Å². The maximum Gasteiger partial charge on any atom is 0.182 e. The van der Waals surface area contributed by atoms with Crippen molar-refractivity contribution in [2.45, 2.75) is 0 Å². The van der Waals surface area contributed by atoms with Gasteiger partial charge in [0.2, 0.25) is 0 Å². The molecule has 0 unspecified atom stereocenters. The number of fused-ring (bicyclic) bond motifs is 1. The molecule has 1 aliphatic rings. The van der Waals surface area contributed by atoms with Gasteiger partial charge in [-0.15, -0.1) is 5.10 Å². The minimum atomic E-state index is 0.478. The largest absolute Gasteiger partial charge is 0.287 e. The summed E-state index contributed by atoms with van der Waals surface area (Å²) in [5.41, 5.74) is 0.897. The van der Waals surface area contributed by atoms with E-state index in [1.165, 1.54) is 0 Å². The molecule has 0 aromatic carbocycles. The van der Waals surface area contributed by atoms with E-state index in [2.05, 4.69) is 10.2 Å². The van der Waals surface area contributed by atoms with E-state index < -0.39 is 0 Å². The van der Waals surface area contributed by atoms with Gasteiger partial charge in [0.25, 0.3) is 0 Å². The molecule has 1 N–H and O–H groups in total. The molecule has 0 bridgehead atoms. The molecule has 56 valence electrons. The third-order valence-electron chi connectivity index (χ3n) is 1.55. The predicted octanol–water partition coefficient (Wildman–Crippen LogP) is 0.699. The molecule has 0 aliphatic carbocycles. The van der Waals surface area contributed by atoms with Gasteiger partial charge in [0.05, 0.1) is 12.7 Å². The fraction of sp³-hybridized carbons (Fsp3) is 0.143. The molecule has 4 heteroatoms. The highest BCUT2D eigenvalue weighted by Gasteiger charge is 2.11. The normalized spacial score (nSPS) is 14.8. The highest BCUT2D eigenvalue weighted by Crippen LogP contribution is 2.19. The van der Waals surface area contributed by atoms with Crippen molar-refractivity contribution in [3.8, 4) is 0 Å². The first-order chi connectivity index (χ1) is 5.38. The Morgan fingerprint density at radius 2 is 2.45 bits per heavy atom. The molecule has 1 aromatic heterocycles. The van der Waals surface area contributed by atoms with Crippen LogP contribution in [-0.4, -0.2) is 21.9 Å². The molecule has 0 saturated heterocycles. The summed E-state index contributed by atoms with van der Waals surface area (Å²) >= 11 is 0. The standard InChI is InChI=1S/C7H7N3O/c11-10-5-1-2-6-3-4-8-9-7(6)10/h1-4,11H,5H2. The van der Waals surface area contributed by atoms with Crippen LogP contribution in [0.5, 0.6) is 0 Å². The Balaban J connectivity index is 2.54. The lowest BCUT2D eigenvalue weighted by molar-refractivity contribution is 0.261. The zero-order valence-corrected chi connectivity index (χ0v) is 5.81. The lowest BCUT2D eigenvalue weighted by Gasteiger charge is -2.18. The summed E-state index contributed by atoms with van der Waals surface area (Å²) in [5.74, 6) is 0.523. The van der Waals surface area contributed by atoms with Crippen molar-refractivity contribution in [2.75, 3.05) is 11.6 Å². The number of hydroxylamine groups is 1. The number of anilines is 1. The Morgan fingerprint density at radius 1 is 1.55 bits per heavy atom. The molecule has 4 nitrogen and oxygen atoms in total. The first-order valence-electron chi connectivity index (χ1n) is 3.32. The first kappa shape index (κ1) is 6.30. The quantitative estimate of drug-likeness (QED) is 0.589. The molecule has 0 fully saturated rings. The third-order valence-corrected chi connectivity index (χ3v) is 1.55. The lowest BCUT2D eigenvalue weighted by atomic mass is 10.2. The number of nitrogens with zero attached hydrogens (tertiary/aromatic N) is 3. The van der Waals surface area contributed by atoms with Gasteiger partial charge in [-0.2, -0.15) is 5.10 Å². The van der Waals surface area contributed by atoms with Gasteiger partial charge in [-0.25, -0.2) is 5.06 Å².